The van der Waals surface area contributed by atoms with Gasteiger partial charge in [-0.3, -0.25) is 0 Å². The van der Waals surface area contributed by atoms with Gasteiger partial charge in [0.2, 0.25) is 0 Å². The Morgan fingerprint density at radius 2 is 1.62 bits per heavy atom. The van der Waals surface area contributed by atoms with Crippen LogP contribution in [-0.4, -0.2) is 13.6 Å². The third kappa shape index (κ3) is 122. The van der Waals surface area contributed by atoms with Crippen LogP contribution in [0.25, 0.3) is 0 Å². The molecule has 0 saturated heterocycles. The SMILES string of the molecule is CO[C-]=O.C[CH-]C.[W+2]. The molecule has 48 valence electrons. The molecule has 0 aromatic heterocycles. The van der Waals surface area contributed by atoms with Gasteiger partial charge < -0.3 is 16.0 Å². The van der Waals surface area contributed by atoms with Crippen LogP contribution in [0.5, 0.6) is 0 Å². The van der Waals surface area contributed by atoms with E-state index in [4.69, 9.17) is 4.79 Å². The molecule has 3 heteroatoms. The van der Waals surface area contributed by atoms with E-state index in [0.717, 1.165) is 0 Å². The van der Waals surface area contributed by atoms with Crippen LogP contribution in [0.3, 0.4) is 0 Å². The molecule has 0 bridgehead atoms. The van der Waals surface area contributed by atoms with Gasteiger partial charge in [-0.1, -0.05) is 6.47 Å². The van der Waals surface area contributed by atoms with Gasteiger partial charge in [-0.2, -0.15) is 13.8 Å². The number of methoxy groups -OCH3 is 1. The number of carbonyl (C=O) groups excluding carboxylic acids is 1. The monoisotopic (exact) mass is 286 g/mol. The Labute approximate surface area is 64.9 Å². The van der Waals surface area contributed by atoms with E-state index in [9.17, 15) is 0 Å². The van der Waals surface area contributed by atoms with Crippen molar-refractivity contribution in [3.63, 3.8) is 0 Å². The summed E-state index contributed by atoms with van der Waals surface area (Å²) in [6, 6.07) is 0. The van der Waals surface area contributed by atoms with Crippen molar-refractivity contribution in [3.8, 4) is 0 Å². The third-order valence-corrected chi connectivity index (χ3v) is 0.0833. The summed E-state index contributed by atoms with van der Waals surface area (Å²) >= 11 is 0. The first-order valence-electron chi connectivity index (χ1n) is 1.97. The first-order chi connectivity index (χ1) is 3.33. The molecule has 0 rings (SSSR count). The molecule has 0 saturated carbocycles. The van der Waals surface area contributed by atoms with Crippen LogP contribution in [-0.2, 0) is 30.6 Å². The van der Waals surface area contributed by atoms with Crippen molar-refractivity contribution in [2.75, 3.05) is 7.11 Å². The van der Waals surface area contributed by atoms with E-state index >= 15 is 0 Å². The summed E-state index contributed by atoms with van der Waals surface area (Å²) in [6.45, 7) is 5.18. The minimum absolute atomic E-state index is 0. The third-order valence-electron chi connectivity index (χ3n) is 0.0833. The Morgan fingerprint density at radius 3 is 1.62 bits per heavy atom. The van der Waals surface area contributed by atoms with Crippen molar-refractivity contribution in [2.45, 2.75) is 13.8 Å². The summed E-state index contributed by atoms with van der Waals surface area (Å²) in [4.78, 5) is 8.83. The van der Waals surface area contributed by atoms with Crippen molar-refractivity contribution in [2.24, 2.45) is 0 Å². The molecule has 0 aromatic rings. The standard InChI is InChI=1S/C3H7.C2H3O2.W/c1-3-2;1-4-2-3;/h3H,1-2H3;1H3;/q2*-1;+2. The van der Waals surface area contributed by atoms with E-state index in [0.29, 0.717) is 0 Å². The summed E-state index contributed by atoms with van der Waals surface area (Å²) in [5.74, 6) is 0. The van der Waals surface area contributed by atoms with Gasteiger partial charge in [-0.15, -0.1) is 0 Å². The Balaban J connectivity index is -0.0000000575. The number of hydrogen-bond donors (Lipinski definition) is 0. The molecule has 0 N–H and O–H groups in total. The fourth-order valence-electron chi connectivity index (χ4n) is 0. The second-order valence-electron chi connectivity index (χ2n) is 0.865. The predicted octanol–water partition coefficient (Wildman–Crippen LogP) is 0.928. The van der Waals surface area contributed by atoms with Crippen LogP contribution in [0.4, 0.5) is 0 Å². The van der Waals surface area contributed by atoms with Gasteiger partial charge in [0.25, 0.3) is 0 Å². The van der Waals surface area contributed by atoms with E-state index in [1.807, 2.05) is 20.3 Å². The van der Waals surface area contributed by atoms with E-state index in [1.165, 1.54) is 13.6 Å². The number of rotatable bonds is 1. The van der Waals surface area contributed by atoms with Crippen LogP contribution < -0.4 is 0 Å². The molecule has 2 nitrogen and oxygen atoms in total. The molecular formula is C5H10O2W. The average molecular weight is 286 g/mol. The molecule has 0 aliphatic heterocycles. The zero-order valence-electron chi connectivity index (χ0n) is 5.30. The second-order valence-corrected chi connectivity index (χ2v) is 0.865. The summed E-state index contributed by atoms with van der Waals surface area (Å²) in [6.07, 6.45) is 2.00. The molecular weight excluding hydrogens is 276 g/mol. The molecule has 0 unspecified atom stereocenters. The summed E-state index contributed by atoms with van der Waals surface area (Å²) < 4.78 is 3.74. The first-order valence-corrected chi connectivity index (χ1v) is 1.97. The molecule has 0 aromatic carbocycles. The van der Waals surface area contributed by atoms with Gasteiger partial charge in [0.15, 0.2) is 0 Å². The van der Waals surface area contributed by atoms with Gasteiger partial charge in [0.05, 0.1) is 0 Å². The molecule has 8 heavy (non-hydrogen) atoms. The molecule has 0 fully saturated rings. The Kier molecular flexibility index (Phi) is 53.4. The van der Waals surface area contributed by atoms with Gasteiger partial charge >= 0.3 is 21.1 Å². The predicted molar refractivity (Wildman–Crippen MR) is 28.4 cm³/mol. The fraction of sp³-hybridized carbons (Fsp3) is 0.600. The zero-order chi connectivity index (χ0) is 6.12. The largest absolute Gasteiger partial charge is 2.00 e. The first kappa shape index (κ1) is 15.7. The Bertz CT molecular complexity index is 31.6. The van der Waals surface area contributed by atoms with Crippen molar-refractivity contribution >= 4 is 6.47 Å². The zero-order valence-corrected chi connectivity index (χ0v) is 8.24. The van der Waals surface area contributed by atoms with Crippen molar-refractivity contribution in [1.29, 1.82) is 0 Å². The van der Waals surface area contributed by atoms with Crippen molar-refractivity contribution < 1.29 is 30.6 Å². The molecule has 0 spiro atoms. The van der Waals surface area contributed by atoms with Gasteiger partial charge in [0, 0.05) is 7.11 Å². The number of ether oxygens (including phenoxy) is 1. The second kappa shape index (κ2) is 27.2. The van der Waals surface area contributed by atoms with Crippen LogP contribution in [0.1, 0.15) is 13.8 Å². The average Bonchev–Trinajstić information content (AvgIpc) is 1.69. The molecule has 0 heterocycles. The minimum Gasteiger partial charge on any atom is -0.655 e. The van der Waals surface area contributed by atoms with Gasteiger partial charge in [-0.05, 0) is 0 Å². The molecule has 0 amide bonds. The van der Waals surface area contributed by atoms with E-state index < -0.39 is 0 Å². The maximum Gasteiger partial charge on any atom is 2.00 e. The van der Waals surface area contributed by atoms with Crippen LogP contribution in [0.15, 0.2) is 0 Å². The molecule has 0 aliphatic rings. The molecule has 0 radical (unpaired) electrons. The van der Waals surface area contributed by atoms with Crippen molar-refractivity contribution in [1.82, 2.24) is 0 Å². The van der Waals surface area contributed by atoms with Gasteiger partial charge in [0.1, 0.15) is 0 Å². The normalized spacial score (nSPS) is 4.88. The Morgan fingerprint density at radius 1 is 1.50 bits per heavy atom. The fourth-order valence-corrected chi connectivity index (χ4v) is 0. The topological polar surface area (TPSA) is 26.3 Å². The molecule has 0 aliphatic carbocycles. The van der Waals surface area contributed by atoms with Crippen LogP contribution in [0, 0.1) is 6.42 Å². The minimum atomic E-state index is 0. The summed E-state index contributed by atoms with van der Waals surface area (Å²) in [5.41, 5.74) is 0. The van der Waals surface area contributed by atoms with E-state index in [-0.39, 0.29) is 21.1 Å². The molecule has 0 atom stereocenters. The summed E-state index contributed by atoms with van der Waals surface area (Å²) in [5, 5.41) is 0. The summed E-state index contributed by atoms with van der Waals surface area (Å²) in [7, 11) is 1.26. The van der Waals surface area contributed by atoms with Crippen LogP contribution in [0.2, 0.25) is 0 Å². The van der Waals surface area contributed by atoms with Crippen molar-refractivity contribution in [3.05, 3.63) is 6.42 Å². The Hall–Kier alpha value is 0.158. The number of hydrogen-bond acceptors (Lipinski definition) is 2. The maximum absolute atomic E-state index is 8.83. The van der Waals surface area contributed by atoms with Gasteiger partial charge in [-0.25, -0.2) is 0 Å². The van der Waals surface area contributed by atoms with E-state index in [2.05, 4.69) is 4.74 Å². The van der Waals surface area contributed by atoms with E-state index in [1.54, 1.807) is 0 Å². The maximum atomic E-state index is 8.83. The van der Waals surface area contributed by atoms with Crippen LogP contribution >= 0.6 is 0 Å². The quantitative estimate of drug-likeness (QED) is 0.670. The smallest absolute Gasteiger partial charge is 0.655 e.